The Kier molecular flexibility index (Phi) is 7.64. The highest BCUT2D eigenvalue weighted by Gasteiger charge is 2.30. The number of carbonyl (C=O) groups is 2. The normalized spacial score (nSPS) is 11.3. The highest BCUT2D eigenvalue weighted by molar-refractivity contribution is 5.91. The van der Waals surface area contributed by atoms with Crippen molar-refractivity contribution in [3.05, 3.63) is 59.3 Å². The lowest BCUT2D eigenvalue weighted by Gasteiger charge is -2.08. The number of aromatic nitrogens is 6. The van der Waals surface area contributed by atoms with Crippen LogP contribution in [0.4, 0.5) is 19.0 Å². The average Bonchev–Trinajstić information content (AvgIpc) is 3.24. The van der Waals surface area contributed by atoms with E-state index in [0.717, 1.165) is 36.9 Å². The zero-order valence-electron chi connectivity index (χ0n) is 17.6. The molecular weight excluding hydrogens is 441 g/mol. The van der Waals surface area contributed by atoms with Crippen molar-refractivity contribution in [2.45, 2.75) is 45.5 Å². The third kappa shape index (κ3) is 7.33. The number of nitrogens with one attached hydrogen (secondary N) is 2. The van der Waals surface area contributed by atoms with E-state index in [4.69, 9.17) is 0 Å². The Hall–Kier alpha value is -3.90. The van der Waals surface area contributed by atoms with Gasteiger partial charge in [0.15, 0.2) is 11.5 Å². The molecule has 3 aromatic heterocycles. The van der Waals surface area contributed by atoms with E-state index in [9.17, 15) is 22.8 Å². The monoisotopic (exact) mass is 462 g/mol. The first-order chi connectivity index (χ1) is 15.7. The highest BCUT2D eigenvalue weighted by atomic mass is 19.4. The maximum Gasteiger partial charge on any atom is 0.416 e. The van der Waals surface area contributed by atoms with E-state index < -0.39 is 17.6 Å². The van der Waals surface area contributed by atoms with Gasteiger partial charge >= 0.3 is 6.18 Å². The number of alkyl halides is 3. The molecule has 2 amide bonds. The Bertz CT molecular complexity index is 1100. The third-order valence-electron chi connectivity index (χ3n) is 4.44. The minimum Gasteiger partial charge on any atom is -0.345 e. The number of carbonyl (C=O) groups excluding carboxylic acids is 2. The quantitative estimate of drug-likeness (QED) is 0.468. The maximum absolute atomic E-state index is 12.8. The van der Waals surface area contributed by atoms with E-state index >= 15 is 0 Å². The Morgan fingerprint density at radius 1 is 1.06 bits per heavy atom. The van der Waals surface area contributed by atoms with E-state index in [-0.39, 0.29) is 23.8 Å². The van der Waals surface area contributed by atoms with Gasteiger partial charge in [0.2, 0.25) is 5.91 Å². The summed E-state index contributed by atoms with van der Waals surface area (Å²) >= 11 is 0. The lowest BCUT2D eigenvalue weighted by Crippen LogP contribution is -2.24. The van der Waals surface area contributed by atoms with Gasteiger partial charge in [-0.15, -0.1) is 10.2 Å². The number of nitrogens with zero attached hydrogens (tertiary/aromatic N) is 6. The molecule has 0 saturated carbocycles. The van der Waals surface area contributed by atoms with E-state index in [1.807, 2.05) is 0 Å². The molecule has 0 radical (unpaired) electrons. The fourth-order valence-electron chi connectivity index (χ4n) is 2.84. The van der Waals surface area contributed by atoms with Crippen LogP contribution in [0, 0.1) is 0 Å². The van der Waals surface area contributed by atoms with E-state index in [2.05, 4.69) is 36.1 Å². The van der Waals surface area contributed by atoms with Gasteiger partial charge in [0, 0.05) is 19.7 Å². The van der Waals surface area contributed by atoms with Gasteiger partial charge in [-0.1, -0.05) is 5.21 Å². The average molecular weight is 462 g/mol. The van der Waals surface area contributed by atoms with Crippen molar-refractivity contribution >= 4 is 17.6 Å². The van der Waals surface area contributed by atoms with Gasteiger partial charge in [0.25, 0.3) is 5.91 Å². The van der Waals surface area contributed by atoms with Crippen molar-refractivity contribution in [3.8, 4) is 0 Å². The summed E-state index contributed by atoms with van der Waals surface area (Å²) < 4.78 is 39.8. The Morgan fingerprint density at radius 2 is 1.88 bits per heavy atom. The molecule has 2 N–H and O–H groups in total. The molecule has 0 saturated heterocycles. The van der Waals surface area contributed by atoms with Crippen LogP contribution in [-0.4, -0.2) is 42.0 Å². The zero-order valence-corrected chi connectivity index (χ0v) is 17.6. The molecular formula is C20H21F3N8O2. The minimum absolute atomic E-state index is 0.0569. The van der Waals surface area contributed by atoms with Crippen molar-refractivity contribution in [1.29, 1.82) is 0 Å². The van der Waals surface area contributed by atoms with Crippen LogP contribution in [0.15, 0.2) is 36.7 Å². The van der Waals surface area contributed by atoms with Gasteiger partial charge in [0.1, 0.15) is 0 Å². The lowest BCUT2D eigenvalue weighted by atomic mass is 10.2. The number of amides is 2. The van der Waals surface area contributed by atoms with Crippen molar-refractivity contribution in [3.63, 3.8) is 0 Å². The molecule has 3 rings (SSSR count). The van der Waals surface area contributed by atoms with Gasteiger partial charge in [-0.25, -0.2) is 0 Å². The van der Waals surface area contributed by atoms with Crippen LogP contribution >= 0.6 is 0 Å². The second kappa shape index (κ2) is 10.6. The fourth-order valence-corrected chi connectivity index (χ4v) is 2.84. The second-order valence-corrected chi connectivity index (χ2v) is 7.13. The predicted octanol–water partition coefficient (Wildman–Crippen LogP) is 2.39. The molecule has 0 aliphatic heterocycles. The summed E-state index contributed by atoms with van der Waals surface area (Å²) in [5.41, 5.74) is 0.0912. The molecule has 0 aliphatic carbocycles. The minimum atomic E-state index is -4.48. The fraction of sp³-hybridized carbons (Fsp3) is 0.350. The van der Waals surface area contributed by atoms with E-state index in [1.165, 1.54) is 17.8 Å². The third-order valence-corrected chi connectivity index (χ3v) is 4.44. The van der Waals surface area contributed by atoms with Crippen LogP contribution < -0.4 is 10.6 Å². The van der Waals surface area contributed by atoms with Crippen LogP contribution in [0.25, 0.3) is 0 Å². The van der Waals surface area contributed by atoms with E-state index in [0.29, 0.717) is 18.8 Å². The number of unbranched alkanes of at least 4 members (excludes halogenated alkanes) is 1. The van der Waals surface area contributed by atoms with Gasteiger partial charge in [-0.2, -0.15) is 18.3 Å². The number of halogens is 3. The summed E-state index contributed by atoms with van der Waals surface area (Å²) in [6.45, 7) is 1.74. The predicted molar refractivity (Wildman–Crippen MR) is 110 cm³/mol. The van der Waals surface area contributed by atoms with Gasteiger partial charge in [0.05, 0.1) is 29.7 Å². The molecule has 0 atom stereocenters. The van der Waals surface area contributed by atoms with Crippen LogP contribution in [0.2, 0.25) is 0 Å². The summed E-state index contributed by atoms with van der Waals surface area (Å²) in [6.07, 6.45) is 0.247. The standard InChI is InChI=1S/C20H21F3N8O2/c1-13(32)26-18-6-5-15(27-29-18)4-2-3-9-31-12-17(28-30-31)19(33)25-11-16-10-14(7-8-24-16)20(21,22)23/h5-8,10,12H,2-4,9,11H2,1H3,(H,25,33)(H,26,29,32). The van der Waals surface area contributed by atoms with Crippen molar-refractivity contribution < 1.29 is 22.8 Å². The first kappa shape index (κ1) is 23.8. The molecule has 174 valence electrons. The maximum atomic E-state index is 12.8. The zero-order chi connectivity index (χ0) is 23.8. The molecule has 0 fully saturated rings. The Balaban J connectivity index is 1.42. The topological polar surface area (TPSA) is 128 Å². The number of anilines is 1. The molecule has 3 heterocycles. The number of hydrogen-bond donors (Lipinski definition) is 2. The molecule has 33 heavy (non-hydrogen) atoms. The van der Waals surface area contributed by atoms with Crippen LogP contribution in [0.5, 0.6) is 0 Å². The second-order valence-electron chi connectivity index (χ2n) is 7.13. The smallest absolute Gasteiger partial charge is 0.345 e. The van der Waals surface area contributed by atoms with E-state index in [1.54, 1.807) is 12.1 Å². The number of rotatable bonds is 9. The van der Waals surface area contributed by atoms with Crippen molar-refractivity contribution in [2.75, 3.05) is 5.32 Å². The number of aryl methyl sites for hydroxylation is 2. The molecule has 0 spiro atoms. The molecule has 0 bridgehead atoms. The summed E-state index contributed by atoms with van der Waals surface area (Å²) in [5, 5.41) is 20.7. The summed E-state index contributed by atoms with van der Waals surface area (Å²) in [5.74, 6) is -0.385. The first-order valence-electron chi connectivity index (χ1n) is 10.0. The molecule has 0 unspecified atom stereocenters. The molecule has 10 nitrogen and oxygen atoms in total. The first-order valence-corrected chi connectivity index (χ1v) is 10.0. The largest absolute Gasteiger partial charge is 0.416 e. The van der Waals surface area contributed by atoms with Gasteiger partial charge in [-0.3, -0.25) is 19.3 Å². The Labute approximate surface area is 186 Å². The highest BCUT2D eigenvalue weighted by Crippen LogP contribution is 2.28. The summed E-state index contributed by atoms with van der Waals surface area (Å²) in [7, 11) is 0. The van der Waals surface area contributed by atoms with Crippen LogP contribution in [0.1, 0.15) is 47.2 Å². The Morgan fingerprint density at radius 3 is 2.58 bits per heavy atom. The SMILES string of the molecule is CC(=O)Nc1ccc(CCCCn2cc(C(=O)NCc3cc(C(F)(F)F)ccn3)nn2)nn1. The van der Waals surface area contributed by atoms with Crippen LogP contribution in [-0.2, 0) is 30.5 Å². The van der Waals surface area contributed by atoms with Crippen LogP contribution in [0.3, 0.4) is 0 Å². The van der Waals surface area contributed by atoms with Crippen molar-refractivity contribution in [1.82, 2.24) is 35.5 Å². The molecule has 3 aromatic rings. The number of hydrogen-bond acceptors (Lipinski definition) is 7. The van der Waals surface area contributed by atoms with Crippen molar-refractivity contribution in [2.24, 2.45) is 0 Å². The lowest BCUT2D eigenvalue weighted by molar-refractivity contribution is -0.137. The molecule has 13 heteroatoms. The molecule has 0 aromatic carbocycles. The van der Waals surface area contributed by atoms with Gasteiger partial charge < -0.3 is 10.6 Å². The van der Waals surface area contributed by atoms with Gasteiger partial charge in [-0.05, 0) is 43.5 Å². The summed E-state index contributed by atoms with van der Waals surface area (Å²) in [6, 6.07) is 5.22. The molecule has 0 aliphatic rings. The summed E-state index contributed by atoms with van der Waals surface area (Å²) in [4.78, 5) is 27.0. The number of pyridine rings is 1.